The fraction of sp³-hybridized carbons (Fsp3) is 0.318. The third-order valence-corrected chi connectivity index (χ3v) is 5.36. The lowest BCUT2D eigenvalue weighted by molar-refractivity contribution is -0.142. The largest absolute Gasteiger partial charge is 0.480 e. The van der Waals surface area contributed by atoms with Crippen molar-refractivity contribution in [3.8, 4) is 0 Å². The molecule has 2 heterocycles. The van der Waals surface area contributed by atoms with Crippen LogP contribution in [-0.2, 0) is 32.0 Å². The minimum absolute atomic E-state index is 0.0839. The van der Waals surface area contributed by atoms with Crippen LogP contribution in [0.5, 0.6) is 0 Å². The lowest BCUT2D eigenvalue weighted by Crippen LogP contribution is -2.55. The van der Waals surface area contributed by atoms with Gasteiger partial charge in [0.15, 0.2) is 0 Å². The Morgan fingerprint density at radius 1 is 1.03 bits per heavy atom. The number of carbonyl (C=O) groups excluding carboxylic acids is 3. The van der Waals surface area contributed by atoms with Gasteiger partial charge in [-0.05, 0) is 18.1 Å². The van der Waals surface area contributed by atoms with Gasteiger partial charge in [-0.2, -0.15) is 0 Å². The molecule has 3 rings (SSSR count). The molecule has 0 saturated heterocycles. The molecule has 0 spiro atoms. The number of amides is 3. The number of nitrogens with one attached hydrogen (secondary N) is 4. The van der Waals surface area contributed by atoms with Crippen LogP contribution >= 0.6 is 0 Å². The maximum absolute atomic E-state index is 13.1. The molecule has 0 aliphatic carbocycles. The molecule has 0 aliphatic heterocycles. The number of carbonyl (C=O) groups is 4. The van der Waals surface area contributed by atoms with Crippen LogP contribution in [0.3, 0.4) is 0 Å². The SMILES string of the molecule is NC(=O)CCC(NC(=O)C(Cc1c[nH]c2ccccc12)NC(=O)C(N)Cc1cnc[nH]1)C(=O)O. The highest BCUT2D eigenvalue weighted by Gasteiger charge is 2.29. The molecule has 12 nitrogen and oxygen atoms in total. The normalized spacial score (nSPS) is 13.7. The van der Waals surface area contributed by atoms with Gasteiger partial charge in [-0.25, -0.2) is 9.78 Å². The molecule has 3 amide bonds. The van der Waals surface area contributed by atoms with E-state index in [1.54, 1.807) is 12.4 Å². The Hall–Kier alpha value is -4.19. The molecule has 3 atom stereocenters. The Morgan fingerprint density at radius 2 is 1.76 bits per heavy atom. The number of hydrogen-bond donors (Lipinski definition) is 7. The number of H-pyrrole nitrogens is 2. The molecule has 0 radical (unpaired) electrons. The summed E-state index contributed by atoms with van der Waals surface area (Å²) in [6, 6.07) is 4.02. The van der Waals surface area contributed by atoms with E-state index in [9.17, 15) is 24.3 Å². The van der Waals surface area contributed by atoms with Crippen molar-refractivity contribution in [3.05, 3.63) is 54.2 Å². The monoisotopic (exact) mass is 469 g/mol. The summed E-state index contributed by atoms with van der Waals surface area (Å²) in [5.41, 5.74) is 13.4. The number of benzene rings is 1. The van der Waals surface area contributed by atoms with E-state index in [0.29, 0.717) is 5.69 Å². The van der Waals surface area contributed by atoms with Crippen LogP contribution in [0.4, 0.5) is 0 Å². The summed E-state index contributed by atoms with van der Waals surface area (Å²) in [4.78, 5) is 58.3. The van der Waals surface area contributed by atoms with Crippen molar-refractivity contribution in [2.45, 2.75) is 43.8 Å². The van der Waals surface area contributed by atoms with Gasteiger partial charge in [0.2, 0.25) is 17.7 Å². The highest BCUT2D eigenvalue weighted by molar-refractivity contribution is 5.93. The number of aliphatic carboxylic acids is 1. The van der Waals surface area contributed by atoms with Crippen LogP contribution in [0.1, 0.15) is 24.1 Å². The molecule has 0 saturated carbocycles. The molecule has 3 unspecified atom stereocenters. The summed E-state index contributed by atoms with van der Waals surface area (Å²) in [6.07, 6.45) is 4.59. The van der Waals surface area contributed by atoms with Gasteiger partial charge in [0.05, 0.1) is 12.4 Å². The van der Waals surface area contributed by atoms with E-state index < -0.39 is 41.8 Å². The number of hydrogen-bond acceptors (Lipinski definition) is 6. The van der Waals surface area contributed by atoms with E-state index in [0.717, 1.165) is 16.5 Å². The summed E-state index contributed by atoms with van der Waals surface area (Å²) in [6.45, 7) is 0. The zero-order chi connectivity index (χ0) is 24.7. The van der Waals surface area contributed by atoms with E-state index in [2.05, 4.69) is 25.6 Å². The predicted molar refractivity (Wildman–Crippen MR) is 122 cm³/mol. The van der Waals surface area contributed by atoms with Gasteiger partial charge in [0.1, 0.15) is 12.1 Å². The molecule has 2 aromatic heterocycles. The van der Waals surface area contributed by atoms with Crippen LogP contribution < -0.4 is 22.1 Å². The van der Waals surface area contributed by atoms with Crippen molar-refractivity contribution in [3.63, 3.8) is 0 Å². The summed E-state index contributed by atoms with van der Waals surface area (Å²) < 4.78 is 0. The zero-order valence-electron chi connectivity index (χ0n) is 18.3. The third kappa shape index (κ3) is 6.42. The number of rotatable bonds is 12. The third-order valence-electron chi connectivity index (χ3n) is 5.36. The number of nitrogens with two attached hydrogens (primary N) is 2. The van der Waals surface area contributed by atoms with Gasteiger partial charge in [-0.1, -0.05) is 18.2 Å². The Bertz CT molecular complexity index is 1160. The zero-order valence-corrected chi connectivity index (χ0v) is 18.3. The highest BCUT2D eigenvalue weighted by Crippen LogP contribution is 2.19. The minimum atomic E-state index is -1.35. The molecule has 0 bridgehead atoms. The first-order valence-electron chi connectivity index (χ1n) is 10.6. The first-order chi connectivity index (χ1) is 16.2. The van der Waals surface area contributed by atoms with Crippen LogP contribution in [0, 0.1) is 0 Å². The molecular weight excluding hydrogens is 442 g/mol. The molecule has 12 heteroatoms. The molecular formula is C22H27N7O5. The molecule has 34 heavy (non-hydrogen) atoms. The fourth-order valence-corrected chi connectivity index (χ4v) is 3.55. The number of carboxylic acid groups (broad SMARTS) is 1. The second-order valence-corrected chi connectivity index (χ2v) is 7.92. The standard InChI is InChI=1S/C22H27N7O5/c23-15(8-13-10-25-11-27-13)20(31)29-18(7-12-9-26-16-4-2-1-3-14(12)16)21(32)28-17(22(33)34)5-6-19(24)30/h1-4,9-11,15,17-18,26H,5-8,23H2,(H2,24,30)(H,25,27)(H,28,32)(H,29,31)(H,33,34). The van der Waals surface area contributed by atoms with Crippen molar-refractivity contribution >= 4 is 34.6 Å². The maximum atomic E-state index is 13.1. The number of aromatic amines is 2. The van der Waals surface area contributed by atoms with E-state index in [4.69, 9.17) is 11.5 Å². The van der Waals surface area contributed by atoms with Crippen molar-refractivity contribution in [2.75, 3.05) is 0 Å². The number of primary amides is 1. The quantitative estimate of drug-likeness (QED) is 0.181. The average molecular weight is 470 g/mol. The Kier molecular flexibility index (Phi) is 7.98. The van der Waals surface area contributed by atoms with Gasteiger partial charge in [0, 0.05) is 48.3 Å². The molecule has 0 fully saturated rings. The summed E-state index contributed by atoms with van der Waals surface area (Å²) in [5.74, 6) is -3.31. The number of para-hydroxylation sites is 1. The number of carboxylic acids is 1. The van der Waals surface area contributed by atoms with E-state index in [-0.39, 0.29) is 25.7 Å². The molecule has 180 valence electrons. The van der Waals surface area contributed by atoms with Gasteiger partial charge in [-0.3, -0.25) is 14.4 Å². The number of fused-ring (bicyclic) bond motifs is 1. The number of nitrogens with zero attached hydrogens (tertiary/aromatic N) is 1. The Balaban J connectivity index is 1.78. The van der Waals surface area contributed by atoms with Crippen molar-refractivity contribution in [1.29, 1.82) is 0 Å². The lowest BCUT2D eigenvalue weighted by atomic mass is 10.0. The first-order valence-corrected chi connectivity index (χ1v) is 10.6. The van der Waals surface area contributed by atoms with E-state index in [1.807, 2.05) is 24.3 Å². The predicted octanol–water partition coefficient (Wildman–Crippen LogP) is -0.677. The fourth-order valence-electron chi connectivity index (χ4n) is 3.55. The molecule has 9 N–H and O–H groups in total. The number of aromatic nitrogens is 3. The smallest absolute Gasteiger partial charge is 0.326 e. The topological polar surface area (TPSA) is 209 Å². The first kappa shape index (κ1) is 24.5. The average Bonchev–Trinajstić information content (AvgIpc) is 3.45. The van der Waals surface area contributed by atoms with E-state index in [1.165, 1.54) is 6.33 Å². The van der Waals surface area contributed by atoms with Crippen molar-refractivity contribution in [2.24, 2.45) is 11.5 Å². The molecule has 3 aromatic rings. The van der Waals surface area contributed by atoms with Crippen LogP contribution in [-0.4, -0.2) is 61.9 Å². The molecule has 1 aromatic carbocycles. The van der Waals surface area contributed by atoms with Crippen LogP contribution in [0.15, 0.2) is 43.0 Å². The second-order valence-electron chi connectivity index (χ2n) is 7.92. The highest BCUT2D eigenvalue weighted by atomic mass is 16.4. The van der Waals surface area contributed by atoms with Gasteiger partial charge < -0.3 is 37.2 Å². The van der Waals surface area contributed by atoms with Gasteiger partial charge >= 0.3 is 5.97 Å². The van der Waals surface area contributed by atoms with Crippen molar-refractivity contribution < 1.29 is 24.3 Å². The minimum Gasteiger partial charge on any atom is -0.480 e. The molecule has 0 aliphatic rings. The van der Waals surface area contributed by atoms with Gasteiger partial charge in [-0.15, -0.1) is 0 Å². The van der Waals surface area contributed by atoms with Crippen LogP contribution in [0.2, 0.25) is 0 Å². The Labute approximate surface area is 194 Å². The second kappa shape index (κ2) is 11.1. The maximum Gasteiger partial charge on any atom is 0.326 e. The summed E-state index contributed by atoms with van der Waals surface area (Å²) in [5, 5.41) is 15.3. The Morgan fingerprint density at radius 3 is 2.44 bits per heavy atom. The van der Waals surface area contributed by atoms with E-state index >= 15 is 0 Å². The van der Waals surface area contributed by atoms with Crippen molar-refractivity contribution in [1.82, 2.24) is 25.6 Å². The lowest BCUT2D eigenvalue weighted by Gasteiger charge is -2.23. The van der Waals surface area contributed by atoms with Crippen LogP contribution in [0.25, 0.3) is 10.9 Å². The number of imidazole rings is 1. The summed E-state index contributed by atoms with van der Waals surface area (Å²) >= 11 is 0. The van der Waals surface area contributed by atoms with Gasteiger partial charge in [0.25, 0.3) is 0 Å². The summed E-state index contributed by atoms with van der Waals surface area (Å²) in [7, 11) is 0.